The predicted molar refractivity (Wildman–Crippen MR) is 77.6 cm³/mol. The summed E-state index contributed by atoms with van der Waals surface area (Å²) in [6.45, 7) is 2.02. The first-order valence-electron chi connectivity index (χ1n) is 7.40. The van der Waals surface area contributed by atoms with Crippen molar-refractivity contribution in [3.63, 3.8) is 0 Å². The minimum Gasteiger partial charge on any atom is -0.481 e. The van der Waals surface area contributed by atoms with Crippen LogP contribution in [0.1, 0.15) is 39.0 Å². The Bertz CT molecular complexity index is 497. The van der Waals surface area contributed by atoms with Crippen molar-refractivity contribution in [2.45, 2.75) is 56.0 Å². The smallest absolute Gasteiger partial charge is 0.306 e. The minimum atomic E-state index is -0.787. The van der Waals surface area contributed by atoms with Crippen LogP contribution in [0.25, 0.3) is 0 Å². The molecule has 7 heteroatoms. The second-order valence-corrected chi connectivity index (χ2v) is 7.82. The second-order valence-electron chi connectivity index (χ2n) is 6.32. The fraction of sp³-hybridized carbons (Fsp3) is 0.786. The van der Waals surface area contributed by atoms with Gasteiger partial charge in [-0.15, -0.1) is 11.8 Å². The fourth-order valence-corrected chi connectivity index (χ4v) is 5.08. The first-order chi connectivity index (χ1) is 9.90. The average molecular weight is 312 g/mol. The summed E-state index contributed by atoms with van der Waals surface area (Å²) in [5.74, 6) is -0.587. The van der Waals surface area contributed by atoms with Crippen LogP contribution in [0.3, 0.4) is 0 Å². The molecule has 3 aliphatic rings. The van der Waals surface area contributed by atoms with Gasteiger partial charge in [-0.05, 0) is 32.6 Å². The van der Waals surface area contributed by atoms with Crippen molar-refractivity contribution in [1.29, 1.82) is 0 Å². The summed E-state index contributed by atoms with van der Waals surface area (Å²) in [4.78, 5) is 36.9. The molecule has 3 rings (SSSR count). The third-order valence-electron chi connectivity index (χ3n) is 4.88. The molecule has 2 unspecified atom stereocenters. The van der Waals surface area contributed by atoms with Crippen LogP contribution in [-0.2, 0) is 14.4 Å². The first-order valence-corrected chi connectivity index (χ1v) is 8.38. The van der Waals surface area contributed by atoms with Crippen molar-refractivity contribution >= 4 is 29.5 Å². The lowest BCUT2D eigenvalue weighted by molar-refractivity contribution is -0.141. The molecular formula is C14H20N2O4S. The number of fused-ring (bicyclic) bond motifs is 1. The van der Waals surface area contributed by atoms with Gasteiger partial charge in [0.1, 0.15) is 6.04 Å². The first kappa shape index (κ1) is 14.7. The number of carbonyl (C=O) groups excluding carboxylic acids is 2. The third-order valence-corrected chi connectivity index (χ3v) is 6.38. The van der Waals surface area contributed by atoms with Gasteiger partial charge in [-0.25, -0.2) is 0 Å². The Hall–Kier alpha value is -1.24. The molecule has 0 spiro atoms. The molecule has 0 radical (unpaired) electrons. The normalized spacial score (nSPS) is 38.6. The highest BCUT2D eigenvalue weighted by Gasteiger charge is 2.53. The van der Waals surface area contributed by atoms with Crippen LogP contribution in [0.4, 0.5) is 0 Å². The van der Waals surface area contributed by atoms with E-state index in [1.54, 1.807) is 16.7 Å². The summed E-state index contributed by atoms with van der Waals surface area (Å²) in [6.07, 6.45) is 3.11. The number of carboxylic acids is 1. The fourth-order valence-electron chi connectivity index (χ4n) is 3.65. The van der Waals surface area contributed by atoms with E-state index in [1.807, 2.05) is 6.92 Å². The standard InChI is InChI=1S/C14H20N2O4S/c1-14-5-4-11(17)16(14)10(7-21-14)12(18)15-9-3-2-8(6-9)13(19)20/h8-10H,2-7H2,1H3,(H,15,18)(H,19,20)/t8-,9+,10?,14?/m0/s1. The Labute approximate surface area is 127 Å². The highest BCUT2D eigenvalue weighted by atomic mass is 32.2. The molecule has 2 aliphatic heterocycles. The topological polar surface area (TPSA) is 86.7 Å². The van der Waals surface area contributed by atoms with E-state index in [0.717, 1.165) is 6.42 Å². The maximum Gasteiger partial charge on any atom is 0.306 e. The van der Waals surface area contributed by atoms with E-state index in [4.69, 9.17) is 5.11 Å². The lowest BCUT2D eigenvalue weighted by atomic mass is 10.1. The second kappa shape index (κ2) is 5.19. The number of nitrogens with one attached hydrogen (secondary N) is 1. The zero-order valence-electron chi connectivity index (χ0n) is 12.0. The van der Waals surface area contributed by atoms with Crippen molar-refractivity contribution < 1.29 is 19.5 Å². The van der Waals surface area contributed by atoms with Crippen LogP contribution in [0.5, 0.6) is 0 Å². The van der Waals surface area contributed by atoms with Crippen LogP contribution < -0.4 is 5.32 Å². The van der Waals surface area contributed by atoms with Gasteiger partial charge in [0, 0.05) is 18.2 Å². The summed E-state index contributed by atoms with van der Waals surface area (Å²) < 4.78 is 0. The highest BCUT2D eigenvalue weighted by Crippen LogP contribution is 2.47. The van der Waals surface area contributed by atoms with E-state index >= 15 is 0 Å². The summed E-state index contributed by atoms with van der Waals surface area (Å²) in [7, 11) is 0. The van der Waals surface area contributed by atoms with E-state index in [0.29, 0.717) is 31.4 Å². The van der Waals surface area contributed by atoms with Crippen molar-refractivity contribution in [2.24, 2.45) is 5.92 Å². The zero-order valence-corrected chi connectivity index (χ0v) is 12.8. The van der Waals surface area contributed by atoms with E-state index in [2.05, 4.69) is 5.32 Å². The van der Waals surface area contributed by atoms with Crippen molar-refractivity contribution in [1.82, 2.24) is 10.2 Å². The van der Waals surface area contributed by atoms with Crippen LogP contribution in [0.15, 0.2) is 0 Å². The highest BCUT2D eigenvalue weighted by molar-refractivity contribution is 8.01. The monoisotopic (exact) mass is 312 g/mol. The molecule has 2 saturated heterocycles. The quantitative estimate of drug-likeness (QED) is 0.805. The van der Waals surface area contributed by atoms with Crippen LogP contribution in [0.2, 0.25) is 0 Å². The summed E-state index contributed by atoms with van der Waals surface area (Å²) in [6, 6.07) is -0.480. The zero-order chi connectivity index (χ0) is 15.2. The maximum atomic E-state index is 12.4. The lowest BCUT2D eigenvalue weighted by Gasteiger charge is -2.30. The number of rotatable bonds is 3. The maximum absolute atomic E-state index is 12.4. The van der Waals surface area contributed by atoms with E-state index < -0.39 is 12.0 Å². The number of hydrogen-bond donors (Lipinski definition) is 2. The number of hydrogen-bond acceptors (Lipinski definition) is 4. The average Bonchev–Trinajstić information content (AvgIpc) is 3.07. The van der Waals surface area contributed by atoms with Crippen LogP contribution >= 0.6 is 11.8 Å². The molecule has 4 atom stereocenters. The molecule has 1 aliphatic carbocycles. The molecule has 21 heavy (non-hydrogen) atoms. The van der Waals surface area contributed by atoms with Gasteiger partial charge in [-0.3, -0.25) is 14.4 Å². The van der Waals surface area contributed by atoms with Crippen LogP contribution in [0, 0.1) is 5.92 Å². The number of aliphatic carboxylic acids is 1. The Balaban J connectivity index is 1.62. The Morgan fingerprint density at radius 2 is 2.19 bits per heavy atom. The third kappa shape index (κ3) is 2.52. The molecule has 6 nitrogen and oxygen atoms in total. The van der Waals surface area contributed by atoms with Gasteiger partial charge in [-0.2, -0.15) is 0 Å². The molecule has 3 fully saturated rings. The molecule has 2 N–H and O–H groups in total. The Kier molecular flexibility index (Phi) is 3.63. The number of carbonyl (C=O) groups is 3. The van der Waals surface area contributed by atoms with Gasteiger partial charge in [0.05, 0.1) is 10.8 Å². The molecule has 0 aromatic heterocycles. The van der Waals surface area contributed by atoms with Gasteiger partial charge >= 0.3 is 5.97 Å². The molecule has 2 amide bonds. The molecule has 0 aromatic carbocycles. The Morgan fingerprint density at radius 3 is 2.86 bits per heavy atom. The molecule has 116 valence electrons. The van der Waals surface area contributed by atoms with Crippen molar-refractivity contribution in [3.05, 3.63) is 0 Å². The number of thioether (sulfide) groups is 1. The number of nitrogens with zero attached hydrogens (tertiary/aromatic N) is 1. The van der Waals surface area contributed by atoms with Gasteiger partial charge in [0.25, 0.3) is 0 Å². The molecule has 0 aromatic rings. The summed E-state index contributed by atoms with van der Waals surface area (Å²) >= 11 is 1.67. The summed E-state index contributed by atoms with van der Waals surface area (Å²) in [5.41, 5.74) is 0. The van der Waals surface area contributed by atoms with Gasteiger partial charge in [-0.1, -0.05) is 0 Å². The number of amides is 2. The molecular weight excluding hydrogens is 292 g/mol. The SMILES string of the molecule is CC12CCC(=O)N1C(C(=O)N[C@@H]1CC[C@H](C(=O)O)C1)CS2. The van der Waals surface area contributed by atoms with Crippen molar-refractivity contribution in [3.8, 4) is 0 Å². The van der Waals surface area contributed by atoms with E-state index in [9.17, 15) is 14.4 Å². The van der Waals surface area contributed by atoms with Crippen LogP contribution in [-0.4, -0.2) is 50.5 Å². The number of carboxylic acid groups (broad SMARTS) is 1. The molecule has 2 heterocycles. The summed E-state index contributed by atoms with van der Waals surface area (Å²) in [5, 5.41) is 11.9. The predicted octanol–water partition coefficient (Wildman–Crippen LogP) is 0.810. The van der Waals surface area contributed by atoms with Crippen molar-refractivity contribution in [2.75, 3.05) is 5.75 Å². The molecule has 0 bridgehead atoms. The van der Waals surface area contributed by atoms with Gasteiger partial charge in [0.15, 0.2) is 0 Å². The van der Waals surface area contributed by atoms with Gasteiger partial charge < -0.3 is 15.3 Å². The lowest BCUT2D eigenvalue weighted by Crippen LogP contribution is -2.51. The van der Waals surface area contributed by atoms with E-state index in [-0.39, 0.29) is 28.6 Å². The largest absolute Gasteiger partial charge is 0.481 e. The minimum absolute atomic E-state index is 0.0532. The molecule has 1 saturated carbocycles. The van der Waals surface area contributed by atoms with Gasteiger partial charge in [0.2, 0.25) is 11.8 Å². The Morgan fingerprint density at radius 1 is 1.43 bits per heavy atom. The van der Waals surface area contributed by atoms with E-state index in [1.165, 1.54) is 0 Å².